The van der Waals surface area contributed by atoms with Crippen molar-refractivity contribution in [3.8, 4) is 6.07 Å². The second kappa shape index (κ2) is 8.01. The number of rotatable bonds is 6. The van der Waals surface area contributed by atoms with Gasteiger partial charge in [0.2, 0.25) is 15.9 Å². The van der Waals surface area contributed by atoms with Crippen LogP contribution in [0, 0.1) is 11.3 Å². The third-order valence-corrected chi connectivity index (χ3v) is 4.88. The normalized spacial score (nSPS) is 10.8. The first kappa shape index (κ1) is 18.8. The molecule has 0 heterocycles. The van der Waals surface area contributed by atoms with Gasteiger partial charge in [-0.1, -0.05) is 29.8 Å². The van der Waals surface area contributed by atoms with Crippen LogP contribution in [0.3, 0.4) is 0 Å². The van der Waals surface area contributed by atoms with Gasteiger partial charge in [0, 0.05) is 13.0 Å². The van der Waals surface area contributed by atoms with Crippen molar-refractivity contribution in [3.63, 3.8) is 0 Å². The third-order valence-electron chi connectivity index (χ3n) is 3.35. The SMILES string of the molecule is CS(=O)(=O)N(CCC(=O)Nc1ccccc1Cl)c1cccc(C#N)c1. The van der Waals surface area contributed by atoms with Crippen molar-refractivity contribution in [1.82, 2.24) is 0 Å². The average molecular weight is 378 g/mol. The van der Waals surface area contributed by atoms with E-state index < -0.39 is 10.0 Å². The van der Waals surface area contributed by atoms with Crippen LogP contribution in [-0.2, 0) is 14.8 Å². The number of carbonyl (C=O) groups excluding carboxylic acids is 1. The molecule has 0 saturated carbocycles. The number of hydrogen-bond donors (Lipinski definition) is 1. The predicted octanol–water partition coefficient (Wildman–Crippen LogP) is 3.01. The molecule has 0 aliphatic rings. The first-order valence-electron chi connectivity index (χ1n) is 7.33. The summed E-state index contributed by atoms with van der Waals surface area (Å²) < 4.78 is 25.2. The quantitative estimate of drug-likeness (QED) is 0.837. The van der Waals surface area contributed by atoms with Crippen molar-refractivity contribution in [3.05, 3.63) is 59.1 Å². The fourth-order valence-electron chi connectivity index (χ4n) is 2.20. The van der Waals surface area contributed by atoms with E-state index in [1.807, 2.05) is 6.07 Å². The second-order valence-corrected chi connectivity index (χ2v) is 7.59. The van der Waals surface area contributed by atoms with Crippen LogP contribution < -0.4 is 9.62 Å². The fourth-order valence-corrected chi connectivity index (χ4v) is 3.30. The lowest BCUT2D eigenvalue weighted by molar-refractivity contribution is -0.116. The first-order chi connectivity index (χ1) is 11.8. The number of anilines is 2. The minimum Gasteiger partial charge on any atom is -0.325 e. The number of nitrogens with one attached hydrogen (secondary N) is 1. The summed E-state index contributed by atoms with van der Waals surface area (Å²) in [6, 6.07) is 15.0. The number of para-hydroxylation sites is 1. The molecule has 0 bridgehead atoms. The molecule has 0 atom stereocenters. The van der Waals surface area contributed by atoms with Gasteiger partial charge in [-0.05, 0) is 30.3 Å². The highest BCUT2D eigenvalue weighted by atomic mass is 35.5. The van der Waals surface area contributed by atoms with E-state index in [1.54, 1.807) is 42.5 Å². The summed E-state index contributed by atoms with van der Waals surface area (Å²) in [6.45, 7) is -0.0516. The Morgan fingerprint density at radius 3 is 2.60 bits per heavy atom. The molecule has 2 aromatic rings. The smallest absolute Gasteiger partial charge is 0.232 e. The zero-order valence-corrected chi connectivity index (χ0v) is 15.0. The Labute approximate surface area is 151 Å². The van der Waals surface area contributed by atoms with E-state index in [0.29, 0.717) is 22.0 Å². The van der Waals surface area contributed by atoms with Gasteiger partial charge in [0.05, 0.1) is 34.3 Å². The van der Waals surface area contributed by atoms with Crippen LogP contribution in [0.15, 0.2) is 48.5 Å². The maximum absolute atomic E-state index is 12.1. The molecule has 6 nitrogen and oxygen atoms in total. The molecule has 2 aromatic carbocycles. The summed E-state index contributed by atoms with van der Waals surface area (Å²) in [5, 5.41) is 12.0. The van der Waals surface area contributed by atoms with Gasteiger partial charge in [0.25, 0.3) is 0 Å². The molecule has 8 heteroatoms. The van der Waals surface area contributed by atoms with Crippen molar-refractivity contribution in [1.29, 1.82) is 5.26 Å². The van der Waals surface area contributed by atoms with Crippen molar-refractivity contribution < 1.29 is 13.2 Å². The van der Waals surface area contributed by atoms with Crippen LogP contribution in [0.4, 0.5) is 11.4 Å². The Hall–Kier alpha value is -2.56. The molecule has 130 valence electrons. The number of amides is 1. The monoisotopic (exact) mass is 377 g/mol. The van der Waals surface area contributed by atoms with Crippen LogP contribution in [0.25, 0.3) is 0 Å². The predicted molar refractivity (Wildman–Crippen MR) is 98.0 cm³/mol. The van der Waals surface area contributed by atoms with E-state index >= 15 is 0 Å². The van der Waals surface area contributed by atoms with Gasteiger partial charge in [0.1, 0.15) is 0 Å². The van der Waals surface area contributed by atoms with E-state index in [-0.39, 0.29) is 18.9 Å². The molecular formula is C17H16ClN3O3S. The van der Waals surface area contributed by atoms with Crippen LogP contribution in [0.2, 0.25) is 5.02 Å². The topological polar surface area (TPSA) is 90.3 Å². The average Bonchev–Trinajstić information content (AvgIpc) is 2.56. The zero-order chi connectivity index (χ0) is 18.4. The molecule has 1 amide bonds. The molecule has 0 saturated heterocycles. The van der Waals surface area contributed by atoms with Crippen LogP contribution in [-0.4, -0.2) is 27.1 Å². The minimum atomic E-state index is -3.60. The molecule has 25 heavy (non-hydrogen) atoms. The van der Waals surface area contributed by atoms with Crippen molar-refractivity contribution >= 4 is 38.9 Å². The summed E-state index contributed by atoms with van der Waals surface area (Å²) in [7, 11) is -3.60. The number of carbonyl (C=O) groups is 1. The van der Waals surface area contributed by atoms with Gasteiger partial charge < -0.3 is 5.32 Å². The van der Waals surface area contributed by atoms with Crippen LogP contribution in [0.5, 0.6) is 0 Å². The molecular weight excluding hydrogens is 362 g/mol. The molecule has 0 aromatic heterocycles. The summed E-state index contributed by atoms with van der Waals surface area (Å²) in [4.78, 5) is 12.1. The first-order valence-corrected chi connectivity index (χ1v) is 9.56. The second-order valence-electron chi connectivity index (χ2n) is 5.28. The number of halogens is 1. The Morgan fingerprint density at radius 2 is 1.96 bits per heavy atom. The Bertz CT molecular complexity index is 923. The lowest BCUT2D eigenvalue weighted by Gasteiger charge is -2.22. The summed E-state index contributed by atoms with van der Waals surface area (Å²) in [5.41, 5.74) is 1.14. The van der Waals surface area contributed by atoms with Crippen LogP contribution >= 0.6 is 11.6 Å². The minimum absolute atomic E-state index is 0.0516. The molecule has 0 unspecified atom stereocenters. The maximum Gasteiger partial charge on any atom is 0.232 e. The summed E-state index contributed by atoms with van der Waals surface area (Å²) >= 11 is 5.98. The van der Waals surface area contributed by atoms with Gasteiger partial charge in [-0.15, -0.1) is 0 Å². The van der Waals surface area contributed by atoms with E-state index in [4.69, 9.17) is 16.9 Å². The van der Waals surface area contributed by atoms with E-state index in [9.17, 15) is 13.2 Å². The third kappa shape index (κ3) is 5.21. The molecule has 2 rings (SSSR count). The number of benzene rings is 2. The van der Waals surface area contributed by atoms with Gasteiger partial charge in [-0.2, -0.15) is 5.26 Å². The Kier molecular flexibility index (Phi) is 6.02. The zero-order valence-electron chi connectivity index (χ0n) is 13.4. The molecule has 0 radical (unpaired) electrons. The highest BCUT2D eigenvalue weighted by Gasteiger charge is 2.19. The summed E-state index contributed by atoms with van der Waals surface area (Å²) in [5.74, 6) is -0.363. The van der Waals surface area contributed by atoms with Crippen molar-refractivity contribution in [2.75, 3.05) is 22.4 Å². The van der Waals surface area contributed by atoms with Gasteiger partial charge in [-0.25, -0.2) is 8.42 Å². The molecule has 0 fully saturated rings. The molecule has 0 aliphatic heterocycles. The Morgan fingerprint density at radius 1 is 1.24 bits per heavy atom. The van der Waals surface area contributed by atoms with E-state index in [1.165, 1.54) is 6.07 Å². The van der Waals surface area contributed by atoms with E-state index in [0.717, 1.165) is 10.6 Å². The lowest BCUT2D eigenvalue weighted by atomic mass is 10.2. The lowest BCUT2D eigenvalue weighted by Crippen LogP contribution is -2.33. The standard InChI is InChI=1S/C17H16ClN3O3S/c1-25(23,24)21(14-6-4-5-13(11-14)12-19)10-9-17(22)20-16-8-3-2-7-15(16)18/h2-8,11H,9-10H2,1H3,(H,20,22). The van der Waals surface area contributed by atoms with Crippen molar-refractivity contribution in [2.24, 2.45) is 0 Å². The molecule has 0 aliphatic carbocycles. The number of nitriles is 1. The fraction of sp³-hybridized carbons (Fsp3) is 0.176. The highest BCUT2D eigenvalue weighted by molar-refractivity contribution is 7.92. The van der Waals surface area contributed by atoms with Crippen LogP contribution in [0.1, 0.15) is 12.0 Å². The summed E-state index contributed by atoms with van der Waals surface area (Å²) in [6.07, 6.45) is 0.993. The maximum atomic E-state index is 12.1. The number of sulfonamides is 1. The molecule has 0 spiro atoms. The van der Waals surface area contributed by atoms with Crippen molar-refractivity contribution in [2.45, 2.75) is 6.42 Å². The Balaban J connectivity index is 2.12. The van der Waals surface area contributed by atoms with Gasteiger partial charge in [-0.3, -0.25) is 9.10 Å². The molecule has 1 N–H and O–H groups in total. The van der Waals surface area contributed by atoms with Gasteiger partial charge >= 0.3 is 0 Å². The largest absolute Gasteiger partial charge is 0.325 e. The highest BCUT2D eigenvalue weighted by Crippen LogP contribution is 2.22. The number of nitrogens with zero attached hydrogens (tertiary/aromatic N) is 2. The van der Waals surface area contributed by atoms with E-state index in [2.05, 4.69) is 5.32 Å². The van der Waals surface area contributed by atoms with Gasteiger partial charge in [0.15, 0.2) is 0 Å². The number of hydrogen-bond acceptors (Lipinski definition) is 4.